The predicted molar refractivity (Wildman–Crippen MR) is 120 cm³/mol. The number of thiazole rings is 1. The summed E-state index contributed by atoms with van der Waals surface area (Å²) in [7, 11) is -3.45. The maximum absolute atomic E-state index is 13.0. The lowest BCUT2D eigenvalue weighted by Gasteiger charge is -2.40. The Morgan fingerprint density at radius 2 is 1.70 bits per heavy atom. The lowest BCUT2D eigenvalue weighted by molar-refractivity contribution is -0.0457. The first-order chi connectivity index (χ1) is 14.3. The molecule has 2 aromatic rings. The maximum Gasteiger partial charge on any atom is 0.282 e. The summed E-state index contributed by atoms with van der Waals surface area (Å²) in [5, 5.41) is 3.76. The van der Waals surface area contributed by atoms with Gasteiger partial charge in [-0.25, -0.2) is 4.98 Å². The molecule has 2 atom stereocenters. The van der Waals surface area contributed by atoms with E-state index in [1.165, 1.54) is 0 Å². The van der Waals surface area contributed by atoms with Gasteiger partial charge in [0.05, 0.1) is 17.9 Å². The first-order valence-corrected chi connectivity index (χ1v) is 12.8. The molecule has 1 aromatic carbocycles. The molecule has 2 unspecified atom stereocenters. The molecular weight excluding hydrogens is 444 g/mol. The quantitative estimate of drug-likeness (QED) is 0.672. The van der Waals surface area contributed by atoms with E-state index in [0.717, 1.165) is 22.8 Å². The molecule has 3 heterocycles. The topological polar surface area (TPSA) is 66.0 Å². The van der Waals surface area contributed by atoms with E-state index in [0.29, 0.717) is 44.3 Å². The third-order valence-corrected chi connectivity index (χ3v) is 8.56. The van der Waals surface area contributed by atoms with E-state index in [2.05, 4.69) is 10.3 Å². The van der Waals surface area contributed by atoms with E-state index in [1.807, 2.05) is 38.1 Å². The highest BCUT2D eigenvalue weighted by atomic mass is 35.5. The van der Waals surface area contributed by atoms with Crippen molar-refractivity contribution in [2.45, 2.75) is 32.6 Å². The fraction of sp³-hybridized carbons (Fsp3) is 0.550. The van der Waals surface area contributed by atoms with Crippen LogP contribution in [0.4, 0.5) is 0 Å². The second-order valence-electron chi connectivity index (χ2n) is 7.91. The minimum absolute atomic E-state index is 0.0793. The summed E-state index contributed by atoms with van der Waals surface area (Å²) < 4.78 is 34.9. The Kier molecular flexibility index (Phi) is 6.79. The zero-order valence-corrected chi connectivity index (χ0v) is 19.6. The van der Waals surface area contributed by atoms with Crippen LogP contribution in [0.2, 0.25) is 5.02 Å². The summed E-state index contributed by atoms with van der Waals surface area (Å²) in [6, 6.07) is 7.69. The van der Waals surface area contributed by atoms with E-state index >= 15 is 0 Å². The summed E-state index contributed by atoms with van der Waals surface area (Å²) >= 11 is 7.58. The van der Waals surface area contributed by atoms with E-state index in [1.54, 1.807) is 19.9 Å². The van der Waals surface area contributed by atoms with Crippen LogP contribution in [0, 0.1) is 0 Å². The van der Waals surface area contributed by atoms with Crippen molar-refractivity contribution in [3.63, 3.8) is 0 Å². The second kappa shape index (κ2) is 9.20. The minimum atomic E-state index is -3.45. The molecular formula is C20H27ClN4O3S2. The van der Waals surface area contributed by atoms with Gasteiger partial charge in [-0.2, -0.15) is 17.0 Å². The lowest BCUT2D eigenvalue weighted by atomic mass is 10.2. The molecule has 1 aromatic heterocycles. The van der Waals surface area contributed by atoms with Gasteiger partial charge in [-0.05, 0) is 26.0 Å². The van der Waals surface area contributed by atoms with Crippen LogP contribution in [-0.4, -0.2) is 78.4 Å². The van der Waals surface area contributed by atoms with Crippen LogP contribution >= 0.6 is 22.9 Å². The van der Waals surface area contributed by atoms with Crippen LogP contribution in [0.3, 0.4) is 0 Å². The van der Waals surface area contributed by atoms with E-state index in [4.69, 9.17) is 21.3 Å². The lowest BCUT2D eigenvalue weighted by Crippen LogP contribution is -2.57. The second-order valence-corrected chi connectivity index (χ2v) is 11.1. The van der Waals surface area contributed by atoms with Crippen molar-refractivity contribution < 1.29 is 13.2 Å². The molecule has 0 amide bonds. The standard InChI is InChI=1S/C20H27ClN4O3S2/c1-15-11-25(12-16(2)28-15)30(26,27)24-9-7-23(8-10-24)13-19-14-29-20(22-19)17-3-5-18(21)6-4-17/h3-6,14-16H,7-13H2,1-2H3. The third kappa shape index (κ3) is 5.04. The number of hydrogen-bond donors (Lipinski definition) is 0. The van der Waals surface area contributed by atoms with Crippen molar-refractivity contribution in [1.29, 1.82) is 0 Å². The molecule has 2 fully saturated rings. The number of hydrogen-bond acceptors (Lipinski definition) is 6. The van der Waals surface area contributed by atoms with Gasteiger partial charge in [0.25, 0.3) is 10.2 Å². The van der Waals surface area contributed by atoms with Crippen LogP contribution in [0.5, 0.6) is 0 Å². The predicted octanol–water partition coefficient (Wildman–Crippen LogP) is 2.94. The summed E-state index contributed by atoms with van der Waals surface area (Å²) in [4.78, 5) is 7.00. The Bertz CT molecular complexity index is 949. The normalized spacial score (nSPS) is 24.9. The van der Waals surface area contributed by atoms with Crippen LogP contribution < -0.4 is 0 Å². The van der Waals surface area contributed by atoms with Crippen molar-refractivity contribution in [3.05, 3.63) is 40.4 Å². The van der Waals surface area contributed by atoms with Gasteiger partial charge < -0.3 is 4.74 Å². The van der Waals surface area contributed by atoms with Gasteiger partial charge in [-0.15, -0.1) is 11.3 Å². The molecule has 4 rings (SSSR count). The van der Waals surface area contributed by atoms with Crippen molar-refractivity contribution in [3.8, 4) is 10.6 Å². The minimum Gasteiger partial charge on any atom is -0.373 e. The van der Waals surface area contributed by atoms with Crippen molar-refractivity contribution >= 4 is 33.1 Å². The highest BCUT2D eigenvalue weighted by Crippen LogP contribution is 2.26. The van der Waals surface area contributed by atoms with Crippen LogP contribution in [0.1, 0.15) is 19.5 Å². The van der Waals surface area contributed by atoms with Gasteiger partial charge >= 0.3 is 0 Å². The molecule has 0 spiro atoms. The number of aromatic nitrogens is 1. The Labute approximate surface area is 187 Å². The van der Waals surface area contributed by atoms with Gasteiger partial charge in [0, 0.05) is 61.8 Å². The average Bonchev–Trinajstić information content (AvgIpc) is 3.16. The van der Waals surface area contributed by atoms with Crippen molar-refractivity contribution in [2.24, 2.45) is 0 Å². The number of benzene rings is 1. The molecule has 0 aliphatic carbocycles. The zero-order valence-electron chi connectivity index (χ0n) is 17.2. The number of piperazine rings is 1. The number of nitrogens with zero attached hydrogens (tertiary/aromatic N) is 4. The Balaban J connectivity index is 1.33. The van der Waals surface area contributed by atoms with Gasteiger partial charge in [-0.1, -0.05) is 23.7 Å². The first kappa shape index (κ1) is 22.1. The monoisotopic (exact) mass is 470 g/mol. The number of halogens is 1. The first-order valence-electron chi connectivity index (χ1n) is 10.1. The molecule has 2 aliphatic rings. The molecule has 30 heavy (non-hydrogen) atoms. The van der Waals surface area contributed by atoms with Gasteiger partial charge in [0.2, 0.25) is 0 Å². The summed E-state index contributed by atoms with van der Waals surface area (Å²) in [5.41, 5.74) is 2.07. The fourth-order valence-corrected chi connectivity index (χ4v) is 6.63. The number of morpholine rings is 1. The van der Waals surface area contributed by atoms with Gasteiger partial charge in [-0.3, -0.25) is 4.90 Å². The average molecular weight is 471 g/mol. The van der Waals surface area contributed by atoms with Crippen LogP contribution in [0.15, 0.2) is 29.6 Å². The highest BCUT2D eigenvalue weighted by Gasteiger charge is 2.36. The van der Waals surface area contributed by atoms with Crippen LogP contribution in [-0.2, 0) is 21.5 Å². The van der Waals surface area contributed by atoms with Gasteiger partial charge in [0.15, 0.2) is 0 Å². The Morgan fingerprint density at radius 3 is 2.33 bits per heavy atom. The summed E-state index contributed by atoms with van der Waals surface area (Å²) in [5.74, 6) is 0. The van der Waals surface area contributed by atoms with E-state index < -0.39 is 10.2 Å². The highest BCUT2D eigenvalue weighted by molar-refractivity contribution is 7.86. The molecule has 0 bridgehead atoms. The Hall–Kier alpha value is -1.07. The molecule has 0 N–H and O–H groups in total. The number of ether oxygens (including phenoxy) is 1. The Morgan fingerprint density at radius 1 is 1.07 bits per heavy atom. The molecule has 10 heteroatoms. The summed E-state index contributed by atoms with van der Waals surface area (Å²) in [6.07, 6.45) is -0.159. The maximum atomic E-state index is 13.0. The van der Waals surface area contributed by atoms with Gasteiger partial charge in [0.1, 0.15) is 5.01 Å². The molecule has 2 aliphatic heterocycles. The SMILES string of the molecule is CC1CN(S(=O)(=O)N2CCN(Cc3csc(-c4ccc(Cl)cc4)n3)CC2)CC(C)O1. The smallest absolute Gasteiger partial charge is 0.282 e. The zero-order chi connectivity index (χ0) is 21.3. The molecule has 7 nitrogen and oxygen atoms in total. The largest absolute Gasteiger partial charge is 0.373 e. The van der Waals surface area contributed by atoms with E-state index in [-0.39, 0.29) is 12.2 Å². The van der Waals surface area contributed by atoms with Crippen LogP contribution in [0.25, 0.3) is 10.6 Å². The molecule has 2 saturated heterocycles. The van der Waals surface area contributed by atoms with Crippen molar-refractivity contribution in [2.75, 3.05) is 39.3 Å². The third-order valence-electron chi connectivity index (χ3n) is 5.40. The fourth-order valence-electron chi connectivity index (χ4n) is 3.93. The number of rotatable bonds is 5. The molecule has 164 valence electrons. The van der Waals surface area contributed by atoms with Crippen molar-refractivity contribution in [1.82, 2.24) is 18.5 Å². The molecule has 0 saturated carbocycles. The summed E-state index contributed by atoms with van der Waals surface area (Å²) in [6.45, 7) is 7.78. The molecule has 0 radical (unpaired) electrons. The van der Waals surface area contributed by atoms with E-state index in [9.17, 15) is 8.42 Å².